The SMILES string of the molecule is Cc1nn(C)c(C)c1C(C)Nc1ccc(OC2CCCCC2O)cc1. The molecule has 3 rings (SSSR count). The van der Waals surface area contributed by atoms with E-state index >= 15 is 0 Å². The van der Waals surface area contributed by atoms with E-state index in [1.54, 1.807) is 0 Å². The summed E-state index contributed by atoms with van der Waals surface area (Å²) < 4.78 is 7.89. The summed E-state index contributed by atoms with van der Waals surface area (Å²) in [5.41, 5.74) is 4.54. The van der Waals surface area contributed by atoms with Gasteiger partial charge in [-0.15, -0.1) is 0 Å². The summed E-state index contributed by atoms with van der Waals surface area (Å²) in [6, 6.07) is 8.18. The number of ether oxygens (including phenoxy) is 1. The van der Waals surface area contributed by atoms with Gasteiger partial charge in [-0.25, -0.2) is 0 Å². The summed E-state index contributed by atoms with van der Waals surface area (Å²) >= 11 is 0. The van der Waals surface area contributed by atoms with Gasteiger partial charge in [-0.1, -0.05) is 6.42 Å². The molecule has 0 spiro atoms. The van der Waals surface area contributed by atoms with E-state index in [4.69, 9.17) is 4.74 Å². The number of nitrogens with one attached hydrogen (secondary N) is 1. The number of rotatable bonds is 5. The summed E-state index contributed by atoms with van der Waals surface area (Å²) in [4.78, 5) is 0. The number of aliphatic hydroxyl groups is 1. The minimum Gasteiger partial charge on any atom is -0.488 e. The van der Waals surface area contributed by atoms with Crippen molar-refractivity contribution in [1.82, 2.24) is 9.78 Å². The van der Waals surface area contributed by atoms with Crippen molar-refractivity contribution in [2.45, 2.75) is 64.7 Å². The summed E-state index contributed by atoms with van der Waals surface area (Å²) in [6.07, 6.45) is 3.57. The third-order valence-electron chi connectivity index (χ3n) is 5.19. The van der Waals surface area contributed by atoms with Crippen LogP contribution in [0.25, 0.3) is 0 Å². The molecular formula is C20H29N3O2. The van der Waals surface area contributed by atoms with Gasteiger partial charge in [0.25, 0.3) is 0 Å². The van der Waals surface area contributed by atoms with Crippen molar-refractivity contribution >= 4 is 5.69 Å². The lowest BCUT2D eigenvalue weighted by atomic mass is 9.95. The molecule has 2 aromatic rings. The van der Waals surface area contributed by atoms with Gasteiger partial charge < -0.3 is 15.2 Å². The molecule has 1 aromatic heterocycles. The van der Waals surface area contributed by atoms with Crippen LogP contribution < -0.4 is 10.1 Å². The summed E-state index contributed by atoms with van der Waals surface area (Å²) in [6.45, 7) is 6.30. The molecule has 1 aliphatic rings. The third-order valence-corrected chi connectivity index (χ3v) is 5.19. The van der Waals surface area contributed by atoms with Crippen LogP contribution in [0.4, 0.5) is 5.69 Å². The maximum atomic E-state index is 10.0. The van der Waals surface area contributed by atoms with Crippen molar-refractivity contribution in [3.8, 4) is 5.75 Å². The van der Waals surface area contributed by atoms with E-state index in [2.05, 4.69) is 24.3 Å². The molecule has 2 N–H and O–H groups in total. The van der Waals surface area contributed by atoms with Crippen molar-refractivity contribution in [2.24, 2.45) is 7.05 Å². The Bertz CT molecular complexity index is 708. The fourth-order valence-electron chi connectivity index (χ4n) is 3.76. The average molecular weight is 343 g/mol. The quantitative estimate of drug-likeness (QED) is 0.865. The highest BCUT2D eigenvalue weighted by Gasteiger charge is 2.24. The predicted octanol–water partition coefficient (Wildman–Crippen LogP) is 3.89. The first kappa shape index (κ1) is 17.8. The van der Waals surface area contributed by atoms with Crippen LogP contribution in [0.15, 0.2) is 24.3 Å². The summed E-state index contributed by atoms with van der Waals surface area (Å²) in [7, 11) is 1.98. The first-order valence-corrected chi connectivity index (χ1v) is 9.17. The van der Waals surface area contributed by atoms with Gasteiger partial charge in [0.05, 0.1) is 17.8 Å². The van der Waals surface area contributed by atoms with Crippen molar-refractivity contribution in [2.75, 3.05) is 5.32 Å². The zero-order valence-electron chi connectivity index (χ0n) is 15.6. The molecule has 0 radical (unpaired) electrons. The van der Waals surface area contributed by atoms with Crippen LogP contribution in [-0.2, 0) is 7.05 Å². The molecule has 1 aromatic carbocycles. The van der Waals surface area contributed by atoms with Gasteiger partial charge in [-0.05, 0) is 64.3 Å². The van der Waals surface area contributed by atoms with E-state index in [-0.39, 0.29) is 18.2 Å². The van der Waals surface area contributed by atoms with E-state index in [0.29, 0.717) is 0 Å². The zero-order valence-corrected chi connectivity index (χ0v) is 15.6. The first-order chi connectivity index (χ1) is 12.0. The second-order valence-corrected chi connectivity index (χ2v) is 7.11. The molecule has 5 nitrogen and oxygen atoms in total. The molecule has 1 saturated carbocycles. The smallest absolute Gasteiger partial charge is 0.124 e. The molecule has 0 saturated heterocycles. The van der Waals surface area contributed by atoms with Gasteiger partial charge >= 0.3 is 0 Å². The van der Waals surface area contributed by atoms with Crippen LogP contribution in [-0.4, -0.2) is 27.1 Å². The Balaban J connectivity index is 1.64. The lowest BCUT2D eigenvalue weighted by Crippen LogP contribution is -2.34. The molecule has 5 heteroatoms. The maximum absolute atomic E-state index is 10.0. The van der Waals surface area contributed by atoms with Crippen molar-refractivity contribution in [3.05, 3.63) is 41.2 Å². The van der Waals surface area contributed by atoms with E-state index in [9.17, 15) is 5.11 Å². The molecule has 25 heavy (non-hydrogen) atoms. The summed E-state index contributed by atoms with van der Waals surface area (Å²) in [5.74, 6) is 0.817. The largest absolute Gasteiger partial charge is 0.488 e. The Labute approximate surface area is 150 Å². The Morgan fingerprint density at radius 2 is 1.88 bits per heavy atom. The molecule has 1 fully saturated rings. The highest BCUT2D eigenvalue weighted by Crippen LogP contribution is 2.27. The van der Waals surface area contributed by atoms with Crippen LogP contribution in [0.2, 0.25) is 0 Å². The van der Waals surface area contributed by atoms with E-state index in [1.807, 2.05) is 42.9 Å². The summed E-state index contributed by atoms with van der Waals surface area (Å²) in [5, 5.41) is 18.1. The molecule has 1 heterocycles. The van der Waals surface area contributed by atoms with Gasteiger partial charge in [-0.2, -0.15) is 5.10 Å². The molecule has 1 aliphatic carbocycles. The number of aliphatic hydroxyl groups excluding tert-OH is 1. The molecule has 0 bridgehead atoms. The lowest BCUT2D eigenvalue weighted by molar-refractivity contribution is 0.00688. The Hall–Kier alpha value is -2.01. The molecule has 0 amide bonds. The number of benzene rings is 1. The monoisotopic (exact) mass is 343 g/mol. The average Bonchev–Trinajstić information content (AvgIpc) is 2.84. The fraction of sp³-hybridized carbons (Fsp3) is 0.550. The molecule has 3 atom stereocenters. The van der Waals surface area contributed by atoms with E-state index in [0.717, 1.165) is 42.8 Å². The normalized spacial score (nSPS) is 21.8. The first-order valence-electron chi connectivity index (χ1n) is 9.17. The Morgan fingerprint density at radius 3 is 2.48 bits per heavy atom. The second kappa shape index (κ2) is 7.48. The van der Waals surface area contributed by atoms with Crippen molar-refractivity contribution in [3.63, 3.8) is 0 Å². The number of nitrogens with zero attached hydrogens (tertiary/aromatic N) is 2. The number of aryl methyl sites for hydroxylation is 2. The minimum atomic E-state index is -0.344. The van der Waals surface area contributed by atoms with Crippen LogP contribution >= 0.6 is 0 Å². The van der Waals surface area contributed by atoms with E-state index in [1.165, 1.54) is 11.3 Å². The second-order valence-electron chi connectivity index (χ2n) is 7.11. The number of anilines is 1. The lowest BCUT2D eigenvalue weighted by Gasteiger charge is -2.28. The third kappa shape index (κ3) is 3.98. The highest BCUT2D eigenvalue weighted by atomic mass is 16.5. The standard InChI is InChI=1S/C20H29N3O2/c1-13(20-14(2)22-23(4)15(20)3)21-16-9-11-17(12-10-16)25-19-8-6-5-7-18(19)24/h9-13,18-19,21,24H,5-8H2,1-4H3. The molecule has 136 valence electrons. The van der Waals surface area contributed by atoms with Crippen LogP contribution in [0, 0.1) is 13.8 Å². The predicted molar refractivity (Wildman–Crippen MR) is 100 cm³/mol. The zero-order chi connectivity index (χ0) is 18.0. The van der Waals surface area contributed by atoms with Crippen molar-refractivity contribution < 1.29 is 9.84 Å². The van der Waals surface area contributed by atoms with Gasteiger partial charge in [0.1, 0.15) is 11.9 Å². The van der Waals surface area contributed by atoms with Crippen LogP contribution in [0.3, 0.4) is 0 Å². The number of hydrogen-bond donors (Lipinski definition) is 2. The minimum absolute atomic E-state index is 0.0767. The Morgan fingerprint density at radius 1 is 1.20 bits per heavy atom. The topological polar surface area (TPSA) is 59.3 Å². The van der Waals surface area contributed by atoms with Gasteiger partial charge in [0.15, 0.2) is 0 Å². The maximum Gasteiger partial charge on any atom is 0.124 e. The van der Waals surface area contributed by atoms with Crippen molar-refractivity contribution in [1.29, 1.82) is 0 Å². The fourth-order valence-corrected chi connectivity index (χ4v) is 3.76. The van der Waals surface area contributed by atoms with Gasteiger partial charge in [0.2, 0.25) is 0 Å². The number of hydrogen-bond acceptors (Lipinski definition) is 4. The Kier molecular flexibility index (Phi) is 5.33. The number of aromatic nitrogens is 2. The van der Waals surface area contributed by atoms with Gasteiger partial charge in [-0.3, -0.25) is 4.68 Å². The molecule has 3 unspecified atom stereocenters. The van der Waals surface area contributed by atoms with E-state index < -0.39 is 0 Å². The van der Waals surface area contributed by atoms with Gasteiger partial charge in [0, 0.05) is 24.0 Å². The molecule has 0 aliphatic heterocycles. The molecular weight excluding hydrogens is 314 g/mol. The van der Waals surface area contributed by atoms with Crippen LogP contribution in [0.5, 0.6) is 5.75 Å². The highest BCUT2D eigenvalue weighted by molar-refractivity contribution is 5.49. The van der Waals surface area contributed by atoms with Crippen LogP contribution in [0.1, 0.15) is 55.6 Å².